The smallest absolute Gasteiger partial charge is 0.303 e. The van der Waals surface area contributed by atoms with Crippen LogP contribution in [0, 0.1) is 12.8 Å². The molecule has 1 aromatic rings. The number of aryl methyl sites for hydroxylation is 1. The first-order valence-electron chi connectivity index (χ1n) is 6.50. The summed E-state index contributed by atoms with van der Waals surface area (Å²) in [6.45, 7) is 3.10. The fourth-order valence-electron chi connectivity index (χ4n) is 2.44. The lowest BCUT2D eigenvalue weighted by Gasteiger charge is -2.32. The Labute approximate surface area is 112 Å². The van der Waals surface area contributed by atoms with E-state index in [0.717, 1.165) is 18.5 Å². The molecule has 0 radical (unpaired) electrons. The molecule has 2 heterocycles. The lowest BCUT2D eigenvalue weighted by atomic mass is 9.94. The van der Waals surface area contributed by atoms with Gasteiger partial charge in [-0.1, -0.05) is 0 Å². The Morgan fingerprint density at radius 2 is 2.26 bits per heavy atom. The van der Waals surface area contributed by atoms with E-state index in [1.165, 1.54) is 0 Å². The normalized spacial score (nSPS) is 19.2. The summed E-state index contributed by atoms with van der Waals surface area (Å²) in [7, 11) is 0. The van der Waals surface area contributed by atoms with Crippen molar-refractivity contribution in [3.05, 3.63) is 29.6 Å². The van der Waals surface area contributed by atoms with E-state index in [0.29, 0.717) is 18.7 Å². The van der Waals surface area contributed by atoms with Gasteiger partial charge in [0, 0.05) is 31.4 Å². The molecule has 0 spiro atoms. The van der Waals surface area contributed by atoms with Gasteiger partial charge in [-0.3, -0.25) is 14.6 Å². The number of hydrogen-bond acceptors (Lipinski definition) is 3. The third-order valence-electron chi connectivity index (χ3n) is 3.43. The number of nitrogens with zero attached hydrogens (tertiary/aromatic N) is 2. The Morgan fingerprint density at radius 3 is 2.89 bits per heavy atom. The monoisotopic (exact) mass is 262 g/mol. The van der Waals surface area contributed by atoms with Crippen molar-refractivity contribution in [3.8, 4) is 0 Å². The quantitative estimate of drug-likeness (QED) is 0.900. The van der Waals surface area contributed by atoms with Gasteiger partial charge < -0.3 is 10.0 Å². The number of carbonyl (C=O) groups is 2. The lowest BCUT2D eigenvalue weighted by Crippen LogP contribution is -2.40. The van der Waals surface area contributed by atoms with Crippen molar-refractivity contribution in [2.24, 2.45) is 5.92 Å². The van der Waals surface area contributed by atoms with Crippen LogP contribution in [0.1, 0.15) is 35.3 Å². The van der Waals surface area contributed by atoms with Gasteiger partial charge in [0.25, 0.3) is 5.91 Å². The summed E-state index contributed by atoms with van der Waals surface area (Å²) in [4.78, 5) is 28.9. The van der Waals surface area contributed by atoms with Crippen molar-refractivity contribution >= 4 is 11.9 Å². The van der Waals surface area contributed by atoms with Gasteiger partial charge in [0.2, 0.25) is 0 Å². The molecule has 1 N–H and O–H groups in total. The average molecular weight is 262 g/mol. The fourth-order valence-corrected chi connectivity index (χ4v) is 2.44. The van der Waals surface area contributed by atoms with E-state index in [4.69, 9.17) is 5.11 Å². The minimum atomic E-state index is -0.795. The van der Waals surface area contributed by atoms with Crippen molar-refractivity contribution in [1.82, 2.24) is 9.88 Å². The SMILES string of the molecule is Cc1ccc(C(=O)N2CCCC(CC(=O)O)C2)cn1. The van der Waals surface area contributed by atoms with Crippen LogP contribution >= 0.6 is 0 Å². The third-order valence-corrected chi connectivity index (χ3v) is 3.43. The van der Waals surface area contributed by atoms with Crippen LogP contribution in [-0.4, -0.2) is 40.0 Å². The number of carbonyl (C=O) groups excluding carboxylic acids is 1. The molecule has 0 bridgehead atoms. The van der Waals surface area contributed by atoms with E-state index in [1.807, 2.05) is 13.0 Å². The number of likely N-dealkylation sites (tertiary alicyclic amines) is 1. The molecule has 1 saturated heterocycles. The molecule has 1 aliphatic heterocycles. The summed E-state index contributed by atoms with van der Waals surface area (Å²) in [5.41, 5.74) is 1.44. The van der Waals surface area contributed by atoms with Crippen LogP contribution in [0.5, 0.6) is 0 Å². The first-order valence-corrected chi connectivity index (χ1v) is 6.50. The van der Waals surface area contributed by atoms with Crippen molar-refractivity contribution in [2.75, 3.05) is 13.1 Å². The summed E-state index contributed by atoms with van der Waals surface area (Å²) < 4.78 is 0. The average Bonchev–Trinajstić information content (AvgIpc) is 2.38. The van der Waals surface area contributed by atoms with Crippen LogP contribution in [0.2, 0.25) is 0 Å². The highest BCUT2D eigenvalue weighted by Crippen LogP contribution is 2.21. The molecular formula is C14H18N2O3. The maximum atomic E-state index is 12.3. The number of aromatic nitrogens is 1. The Kier molecular flexibility index (Phi) is 4.14. The van der Waals surface area contributed by atoms with Gasteiger partial charge in [-0.2, -0.15) is 0 Å². The number of carboxylic acid groups (broad SMARTS) is 1. The summed E-state index contributed by atoms with van der Waals surface area (Å²) >= 11 is 0. The zero-order chi connectivity index (χ0) is 13.8. The van der Waals surface area contributed by atoms with Gasteiger partial charge >= 0.3 is 5.97 Å². The molecule has 1 aromatic heterocycles. The number of rotatable bonds is 3. The minimum Gasteiger partial charge on any atom is -0.481 e. The van der Waals surface area contributed by atoms with Crippen LogP contribution in [-0.2, 0) is 4.79 Å². The van der Waals surface area contributed by atoms with Crippen LogP contribution < -0.4 is 0 Å². The van der Waals surface area contributed by atoms with E-state index >= 15 is 0 Å². The second kappa shape index (κ2) is 5.82. The van der Waals surface area contributed by atoms with Gasteiger partial charge in [-0.05, 0) is 37.8 Å². The Bertz CT molecular complexity index is 470. The van der Waals surface area contributed by atoms with Crippen LogP contribution in [0.3, 0.4) is 0 Å². The molecule has 1 amide bonds. The highest BCUT2D eigenvalue weighted by Gasteiger charge is 2.25. The van der Waals surface area contributed by atoms with Gasteiger partial charge in [0.05, 0.1) is 5.56 Å². The third kappa shape index (κ3) is 3.53. The first kappa shape index (κ1) is 13.5. The first-order chi connectivity index (χ1) is 9.06. The molecule has 1 fully saturated rings. The summed E-state index contributed by atoms with van der Waals surface area (Å²) in [6.07, 6.45) is 3.46. The van der Waals surface area contributed by atoms with Gasteiger partial charge in [-0.15, -0.1) is 0 Å². The number of pyridine rings is 1. The molecule has 0 saturated carbocycles. The van der Waals surface area contributed by atoms with Crippen LogP contribution in [0.25, 0.3) is 0 Å². The fraction of sp³-hybridized carbons (Fsp3) is 0.500. The maximum Gasteiger partial charge on any atom is 0.303 e. The Balaban J connectivity index is 2.02. The van der Waals surface area contributed by atoms with Crippen LogP contribution in [0.4, 0.5) is 0 Å². The molecule has 5 heteroatoms. The predicted molar refractivity (Wildman–Crippen MR) is 69.9 cm³/mol. The van der Waals surface area contributed by atoms with Crippen molar-refractivity contribution in [1.29, 1.82) is 0 Å². The lowest BCUT2D eigenvalue weighted by molar-refractivity contribution is -0.138. The number of piperidine rings is 1. The highest BCUT2D eigenvalue weighted by atomic mass is 16.4. The Hall–Kier alpha value is -1.91. The van der Waals surface area contributed by atoms with Crippen LogP contribution in [0.15, 0.2) is 18.3 Å². The largest absolute Gasteiger partial charge is 0.481 e. The second-order valence-electron chi connectivity index (χ2n) is 5.05. The molecule has 1 aliphatic rings. The van der Waals surface area contributed by atoms with Gasteiger partial charge in [0.15, 0.2) is 0 Å². The van der Waals surface area contributed by atoms with E-state index in [2.05, 4.69) is 4.98 Å². The van der Waals surface area contributed by atoms with E-state index in [1.54, 1.807) is 17.2 Å². The van der Waals surface area contributed by atoms with E-state index < -0.39 is 5.97 Å². The number of carboxylic acids is 1. The standard InChI is InChI=1S/C14H18N2O3/c1-10-4-5-12(8-15-10)14(19)16-6-2-3-11(9-16)7-13(17)18/h4-5,8,11H,2-3,6-7,9H2,1H3,(H,17,18). The second-order valence-corrected chi connectivity index (χ2v) is 5.05. The van der Waals surface area contributed by atoms with E-state index in [9.17, 15) is 9.59 Å². The zero-order valence-corrected chi connectivity index (χ0v) is 11.0. The molecule has 1 unspecified atom stereocenters. The topological polar surface area (TPSA) is 70.5 Å². The molecular weight excluding hydrogens is 244 g/mol. The molecule has 0 aliphatic carbocycles. The maximum absolute atomic E-state index is 12.3. The Morgan fingerprint density at radius 1 is 1.47 bits per heavy atom. The molecule has 0 aromatic carbocycles. The van der Waals surface area contributed by atoms with Crippen molar-refractivity contribution in [3.63, 3.8) is 0 Å². The summed E-state index contributed by atoms with van der Waals surface area (Å²) in [5, 5.41) is 8.82. The molecule has 2 rings (SSSR count). The summed E-state index contributed by atoms with van der Waals surface area (Å²) in [5.74, 6) is -0.785. The van der Waals surface area contributed by atoms with E-state index in [-0.39, 0.29) is 18.2 Å². The molecule has 102 valence electrons. The predicted octanol–water partition coefficient (Wildman–Crippen LogP) is 1.72. The molecule has 1 atom stereocenters. The number of amides is 1. The van der Waals surface area contributed by atoms with Crippen molar-refractivity contribution in [2.45, 2.75) is 26.2 Å². The van der Waals surface area contributed by atoms with Crippen molar-refractivity contribution < 1.29 is 14.7 Å². The highest BCUT2D eigenvalue weighted by molar-refractivity contribution is 5.94. The molecule has 5 nitrogen and oxygen atoms in total. The number of hydrogen-bond donors (Lipinski definition) is 1. The summed E-state index contributed by atoms with van der Waals surface area (Å²) in [6, 6.07) is 3.58. The molecule has 19 heavy (non-hydrogen) atoms. The zero-order valence-electron chi connectivity index (χ0n) is 11.0. The number of aliphatic carboxylic acids is 1. The van der Waals surface area contributed by atoms with Gasteiger partial charge in [-0.25, -0.2) is 0 Å². The van der Waals surface area contributed by atoms with Gasteiger partial charge in [0.1, 0.15) is 0 Å². The minimum absolute atomic E-state index is 0.0532.